The molecule has 0 atom stereocenters. The van der Waals surface area contributed by atoms with Gasteiger partial charge in [0.2, 0.25) is 11.8 Å². The second-order valence-electron chi connectivity index (χ2n) is 14.9. The van der Waals surface area contributed by atoms with E-state index in [9.17, 15) is 52.4 Å². The third-order valence-electron chi connectivity index (χ3n) is 9.86. The predicted octanol–water partition coefficient (Wildman–Crippen LogP) is 1.74. The minimum Gasteiger partial charge on any atom is -0.744 e. The Balaban J connectivity index is 0.000000380. The molecule has 0 saturated carbocycles. The Hall–Kier alpha value is -5.30. The zero-order chi connectivity index (χ0) is 52.7. The van der Waals surface area contributed by atoms with Crippen molar-refractivity contribution in [2.24, 2.45) is 20.5 Å². The van der Waals surface area contributed by atoms with Crippen LogP contribution in [0.5, 0.6) is 11.5 Å². The zero-order valence-corrected chi connectivity index (χ0v) is 46.9. The third-order valence-corrected chi connectivity index (χ3v) is 13.3. The fraction of sp³-hybridized carbons (Fsp3) is 0.174. The third kappa shape index (κ3) is 19.1. The Labute approximate surface area is 471 Å². The summed E-state index contributed by atoms with van der Waals surface area (Å²) in [6, 6.07) is 24.0. The van der Waals surface area contributed by atoms with Crippen molar-refractivity contribution in [3.8, 4) is 11.5 Å². The molecule has 6 aromatic carbocycles. The van der Waals surface area contributed by atoms with Crippen LogP contribution in [0, 0.1) is 0 Å². The van der Waals surface area contributed by atoms with E-state index in [4.69, 9.17) is 18.6 Å². The second kappa shape index (κ2) is 28.6. The zero-order valence-electron chi connectivity index (χ0n) is 39.6. The maximum Gasteiger partial charge on any atom is 1.00 e. The Kier molecular flexibility index (Phi) is 24.3. The standard InChI is InChI=1S/2C23H23N3O8S2.2Na/c2*1-2-22(27)24-13-3-4-14-34-21-12-5-16-15-19(36(31,32)33)10-11-20(16)23(21)26-25-17-6-8-18(9-7-17)35(28,29)30;;/h2*2,5-12,15H,1,3-4,13-14H2,(H,24,27)(H,28,29,30)(H,31,32,33);;/q;;2*+1/p-2. The number of fused-ring (bicyclic) bond motifs is 2. The maximum absolute atomic E-state index is 11.4. The van der Waals surface area contributed by atoms with Gasteiger partial charge in [-0.25, -0.2) is 16.8 Å². The number of nitrogens with one attached hydrogen (secondary N) is 2. The van der Waals surface area contributed by atoms with Gasteiger partial charge in [-0.15, -0.1) is 10.2 Å². The summed E-state index contributed by atoms with van der Waals surface area (Å²) < 4.78 is 143. The summed E-state index contributed by atoms with van der Waals surface area (Å²) in [5.74, 6) is 0.150. The van der Waals surface area contributed by atoms with Gasteiger partial charge in [-0.3, -0.25) is 18.7 Å². The van der Waals surface area contributed by atoms with Crippen molar-refractivity contribution in [3.05, 3.63) is 135 Å². The number of hydrogen-bond donors (Lipinski definition) is 4. The molecule has 0 saturated heterocycles. The van der Waals surface area contributed by atoms with Crippen LogP contribution in [0.25, 0.3) is 21.5 Å². The number of ether oxygens (including phenoxy) is 2. The van der Waals surface area contributed by atoms with Gasteiger partial charge < -0.3 is 29.2 Å². The molecule has 2 amide bonds. The van der Waals surface area contributed by atoms with Gasteiger partial charge in [0.15, 0.2) is 0 Å². The summed E-state index contributed by atoms with van der Waals surface area (Å²) >= 11 is 0. The molecule has 380 valence electrons. The van der Waals surface area contributed by atoms with E-state index < -0.39 is 50.3 Å². The van der Waals surface area contributed by atoms with Crippen LogP contribution in [-0.4, -0.2) is 90.0 Å². The van der Waals surface area contributed by atoms with E-state index in [-0.39, 0.29) is 117 Å². The topological polar surface area (TPSA) is 349 Å². The van der Waals surface area contributed by atoms with Crippen molar-refractivity contribution < 1.29 is 130 Å². The van der Waals surface area contributed by atoms with Crippen LogP contribution in [0.3, 0.4) is 0 Å². The molecular weight excluding hydrogens is 1070 g/mol. The molecule has 28 heteroatoms. The van der Waals surface area contributed by atoms with Crippen LogP contribution in [0.4, 0.5) is 22.7 Å². The second-order valence-corrected chi connectivity index (χ2v) is 20.5. The SMILES string of the molecule is C=CC(=O)NCCCCOc1ccc2cc(S(=O)(=O)[O-])ccc2c1N=Nc1ccc(S(=O)(=O)O)cc1.C=CC(=O)NCCCCOc1ccc2cc(S(=O)(=O)[O-])ccc2c1N=Nc1ccc(S(=O)(=O)O)cc1.[Na+].[Na+]. The number of carbonyl (C=O) groups is 2. The normalized spacial score (nSPS) is 11.7. The number of hydrogen-bond acceptors (Lipinski definition) is 18. The Morgan fingerprint density at radius 2 is 0.838 bits per heavy atom. The number of carbonyl (C=O) groups excluding carboxylic acids is 2. The van der Waals surface area contributed by atoms with E-state index in [1.54, 1.807) is 24.3 Å². The van der Waals surface area contributed by atoms with Crippen molar-refractivity contribution in [1.29, 1.82) is 0 Å². The summed E-state index contributed by atoms with van der Waals surface area (Å²) in [4.78, 5) is 21.0. The predicted molar refractivity (Wildman–Crippen MR) is 261 cm³/mol. The van der Waals surface area contributed by atoms with Crippen LogP contribution in [-0.2, 0) is 50.1 Å². The molecule has 4 N–H and O–H groups in total. The summed E-state index contributed by atoms with van der Waals surface area (Å²) in [5.41, 5.74) is 1.09. The molecule has 0 unspecified atom stereocenters. The number of amides is 2. The van der Waals surface area contributed by atoms with Gasteiger partial charge >= 0.3 is 59.1 Å². The van der Waals surface area contributed by atoms with Crippen LogP contribution in [0.15, 0.2) is 175 Å². The molecule has 6 aromatic rings. The van der Waals surface area contributed by atoms with Crippen molar-refractivity contribution in [3.63, 3.8) is 0 Å². The van der Waals surface area contributed by atoms with Gasteiger partial charge in [0, 0.05) is 23.9 Å². The van der Waals surface area contributed by atoms with Crippen LogP contribution in [0.2, 0.25) is 0 Å². The van der Waals surface area contributed by atoms with E-state index in [0.29, 0.717) is 71.8 Å². The molecule has 0 spiro atoms. The fourth-order valence-corrected chi connectivity index (χ4v) is 8.24. The van der Waals surface area contributed by atoms with E-state index in [1.165, 1.54) is 84.9 Å². The molecule has 74 heavy (non-hydrogen) atoms. The van der Waals surface area contributed by atoms with E-state index >= 15 is 0 Å². The largest absolute Gasteiger partial charge is 1.00 e. The quantitative estimate of drug-likeness (QED) is 0.0247. The maximum atomic E-state index is 11.4. The fourth-order valence-electron chi connectivity index (χ4n) is 6.26. The number of azo groups is 2. The Morgan fingerprint density at radius 1 is 0.500 bits per heavy atom. The average Bonchev–Trinajstić information content (AvgIpc) is 3.33. The van der Waals surface area contributed by atoms with E-state index in [0.717, 1.165) is 12.1 Å². The molecular formula is C46H44N6Na2O16S4. The minimum absolute atomic E-state index is 0. The van der Waals surface area contributed by atoms with Crippen LogP contribution >= 0.6 is 0 Å². The van der Waals surface area contributed by atoms with Gasteiger partial charge in [0.25, 0.3) is 20.2 Å². The first-order valence-electron chi connectivity index (χ1n) is 21.1. The smallest absolute Gasteiger partial charge is 0.744 e. The van der Waals surface area contributed by atoms with E-state index in [2.05, 4.69) is 44.2 Å². The number of benzene rings is 6. The van der Waals surface area contributed by atoms with Gasteiger partial charge in [0.1, 0.15) is 43.1 Å². The van der Waals surface area contributed by atoms with Crippen molar-refractivity contribution in [1.82, 2.24) is 10.6 Å². The number of nitrogens with zero attached hydrogens (tertiary/aromatic N) is 4. The number of rotatable bonds is 22. The van der Waals surface area contributed by atoms with Crippen molar-refractivity contribution >= 4 is 96.6 Å². The minimum atomic E-state index is -4.66. The summed E-state index contributed by atoms with van der Waals surface area (Å²) in [6.45, 7) is 8.23. The first kappa shape index (κ1) is 63.0. The molecule has 6 rings (SSSR count). The molecule has 22 nitrogen and oxygen atoms in total. The van der Waals surface area contributed by atoms with Crippen LogP contribution < -0.4 is 79.2 Å². The van der Waals surface area contributed by atoms with Crippen molar-refractivity contribution in [2.75, 3.05) is 26.3 Å². The molecule has 0 aliphatic rings. The van der Waals surface area contributed by atoms with Crippen molar-refractivity contribution in [2.45, 2.75) is 45.3 Å². The Morgan fingerprint density at radius 3 is 1.15 bits per heavy atom. The molecule has 0 heterocycles. The number of unbranched alkanes of at least 4 members (excludes halogenated alkanes) is 2. The summed E-state index contributed by atoms with van der Waals surface area (Å²) in [6.07, 6.45) is 4.88. The van der Waals surface area contributed by atoms with Gasteiger partial charge in [-0.1, -0.05) is 37.4 Å². The molecule has 0 radical (unpaired) electrons. The first-order chi connectivity index (χ1) is 34.0. The first-order valence-corrected chi connectivity index (χ1v) is 26.8. The molecule has 0 aliphatic carbocycles. The van der Waals surface area contributed by atoms with Gasteiger partial charge in [-0.2, -0.15) is 27.1 Å². The monoisotopic (exact) mass is 1110 g/mol. The summed E-state index contributed by atoms with van der Waals surface area (Å²) in [5, 5.41) is 23.8. The molecule has 0 aliphatic heterocycles. The van der Waals surface area contributed by atoms with Gasteiger partial charge in [-0.05, 0) is 134 Å². The Bertz CT molecular complexity index is 3280. The van der Waals surface area contributed by atoms with Crippen LogP contribution in [0.1, 0.15) is 25.7 Å². The van der Waals surface area contributed by atoms with E-state index in [1.807, 2.05) is 0 Å². The summed E-state index contributed by atoms with van der Waals surface area (Å²) in [7, 11) is -18.0. The molecule has 0 aromatic heterocycles. The van der Waals surface area contributed by atoms with Gasteiger partial charge in [0.05, 0.1) is 44.2 Å². The molecule has 0 bridgehead atoms. The molecule has 0 fully saturated rings. The average molecular weight is 1110 g/mol.